The maximum absolute atomic E-state index is 13.9. The molecular formula is C21H13ClFN. The van der Waals surface area contributed by atoms with Crippen LogP contribution in [0.4, 0.5) is 4.39 Å². The van der Waals surface area contributed by atoms with Gasteiger partial charge < -0.3 is 0 Å². The van der Waals surface area contributed by atoms with Gasteiger partial charge in [-0.3, -0.25) is 4.98 Å². The third kappa shape index (κ3) is 2.66. The highest BCUT2D eigenvalue weighted by Crippen LogP contribution is 2.37. The molecule has 3 aromatic carbocycles. The summed E-state index contributed by atoms with van der Waals surface area (Å²) >= 11 is 6.16. The van der Waals surface area contributed by atoms with Crippen molar-refractivity contribution < 1.29 is 4.39 Å². The van der Waals surface area contributed by atoms with Gasteiger partial charge in [0.05, 0.1) is 5.52 Å². The van der Waals surface area contributed by atoms with Crippen molar-refractivity contribution in [2.45, 2.75) is 0 Å². The van der Waals surface area contributed by atoms with E-state index in [4.69, 9.17) is 11.6 Å². The summed E-state index contributed by atoms with van der Waals surface area (Å²) in [6, 6.07) is 22.3. The first-order valence-electron chi connectivity index (χ1n) is 7.62. The zero-order valence-corrected chi connectivity index (χ0v) is 13.5. The molecule has 3 heteroatoms. The van der Waals surface area contributed by atoms with E-state index >= 15 is 0 Å². The van der Waals surface area contributed by atoms with E-state index in [0.717, 1.165) is 33.2 Å². The minimum absolute atomic E-state index is 0.273. The average molecular weight is 334 g/mol. The van der Waals surface area contributed by atoms with Crippen LogP contribution >= 0.6 is 11.6 Å². The van der Waals surface area contributed by atoms with E-state index < -0.39 is 0 Å². The molecule has 0 spiro atoms. The Bertz CT molecular complexity index is 1030. The highest BCUT2D eigenvalue weighted by Gasteiger charge is 2.13. The van der Waals surface area contributed by atoms with E-state index in [1.807, 2.05) is 60.8 Å². The van der Waals surface area contributed by atoms with Crippen LogP contribution in [0.2, 0.25) is 5.02 Å². The summed E-state index contributed by atoms with van der Waals surface area (Å²) < 4.78 is 13.9. The lowest BCUT2D eigenvalue weighted by Gasteiger charge is -2.14. The Morgan fingerprint density at radius 3 is 2.38 bits per heavy atom. The third-order valence-electron chi connectivity index (χ3n) is 4.03. The van der Waals surface area contributed by atoms with Gasteiger partial charge in [-0.1, -0.05) is 54.1 Å². The molecule has 4 aromatic rings. The fourth-order valence-corrected chi connectivity index (χ4v) is 3.15. The van der Waals surface area contributed by atoms with Crippen molar-refractivity contribution >= 4 is 22.5 Å². The van der Waals surface area contributed by atoms with Gasteiger partial charge >= 0.3 is 0 Å². The number of benzene rings is 3. The molecule has 0 radical (unpaired) electrons. The lowest BCUT2D eigenvalue weighted by molar-refractivity contribution is 0.629. The van der Waals surface area contributed by atoms with E-state index in [2.05, 4.69) is 4.98 Å². The number of hydrogen-bond acceptors (Lipinski definition) is 1. The molecule has 0 atom stereocenters. The number of hydrogen-bond donors (Lipinski definition) is 0. The number of pyridine rings is 1. The highest BCUT2D eigenvalue weighted by molar-refractivity contribution is 6.30. The first-order chi connectivity index (χ1) is 11.7. The fraction of sp³-hybridized carbons (Fsp3) is 0. The molecule has 0 N–H and O–H groups in total. The van der Waals surface area contributed by atoms with Crippen molar-refractivity contribution in [3.8, 4) is 22.3 Å². The van der Waals surface area contributed by atoms with Gasteiger partial charge in [0.15, 0.2) is 0 Å². The van der Waals surface area contributed by atoms with Crippen LogP contribution in [0.15, 0.2) is 79.0 Å². The van der Waals surface area contributed by atoms with Gasteiger partial charge in [0, 0.05) is 27.7 Å². The summed E-state index contributed by atoms with van der Waals surface area (Å²) in [4.78, 5) is 4.50. The Hall–Kier alpha value is -2.71. The summed E-state index contributed by atoms with van der Waals surface area (Å²) in [5.74, 6) is -0.273. The number of rotatable bonds is 2. The molecule has 0 unspecified atom stereocenters. The van der Waals surface area contributed by atoms with Gasteiger partial charge in [0.1, 0.15) is 5.82 Å². The lowest BCUT2D eigenvalue weighted by Crippen LogP contribution is -1.91. The van der Waals surface area contributed by atoms with E-state index in [1.165, 1.54) is 6.07 Å². The Kier molecular flexibility index (Phi) is 3.75. The van der Waals surface area contributed by atoms with E-state index in [-0.39, 0.29) is 5.82 Å². The Morgan fingerprint density at radius 2 is 1.58 bits per heavy atom. The zero-order chi connectivity index (χ0) is 16.5. The van der Waals surface area contributed by atoms with Gasteiger partial charge in [0.25, 0.3) is 0 Å². The highest BCUT2D eigenvalue weighted by atomic mass is 35.5. The van der Waals surface area contributed by atoms with Gasteiger partial charge in [-0.15, -0.1) is 0 Å². The molecule has 0 bridgehead atoms. The van der Waals surface area contributed by atoms with Crippen molar-refractivity contribution in [1.82, 2.24) is 4.98 Å². The molecule has 4 rings (SSSR count). The minimum atomic E-state index is -0.273. The molecule has 1 aromatic heterocycles. The standard InChI is InChI=1S/C21H13ClFN/c22-16-8-4-7-15(11-16)19-13-24-20-10-9-17(23)12-18(20)21(19)14-5-2-1-3-6-14/h1-13H. The van der Waals surface area contributed by atoms with E-state index in [0.29, 0.717) is 5.02 Å². The van der Waals surface area contributed by atoms with Gasteiger partial charge in [-0.2, -0.15) is 0 Å². The fourth-order valence-electron chi connectivity index (χ4n) is 2.96. The van der Waals surface area contributed by atoms with Crippen molar-refractivity contribution in [1.29, 1.82) is 0 Å². The normalized spacial score (nSPS) is 10.9. The summed E-state index contributed by atoms with van der Waals surface area (Å²) in [5.41, 5.74) is 4.63. The predicted molar refractivity (Wildman–Crippen MR) is 97.6 cm³/mol. The minimum Gasteiger partial charge on any atom is -0.256 e. The average Bonchev–Trinajstić information content (AvgIpc) is 2.61. The van der Waals surface area contributed by atoms with Gasteiger partial charge in [0.2, 0.25) is 0 Å². The van der Waals surface area contributed by atoms with E-state index in [9.17, 15) is 4.39 Å². The van der Waals surface area contributed by atoms with Crippen molar-refractivity contribution in [3.05, 3.63) is 89.8 Å². The maximum Gasteiger partial charge on any atom is 0.123 e. The van der Waals surface area contributed by atoms with Crippen LogP contribution in [-0.4, -0.2) is 4.98 Å². The molecule has 0 aliphatic rings. The largest absolute Gasteiger partial charge is 0.256 e. The second-order valence-corrected chi connectivity index (χ2v) is 6.02. The Balaban J connectivity index is 2.10. The Morgan fingerprint density at radius 1 is 0.792 bits per heavy atom. The molecule has 0 aliphatic carbocycles. The number of halogens is 2. The summed E-state index contributed by atoms with van der Waals surface area (Å²) in [6.45, 7) is 0. The second-order valence-electron chi connectivity index (χ2n) is 5.58. The molecule has 1 heterocycles. The first-order valence-corrected chi connectivity index (χ1v) is 8.00. The SMILES string of the molecule is Fc1ccc2ncc(-c3cccc(Cl)c3)c(-c3ccccc3)c2c1. The summed E-state index contributed by atoms with van der Waals surface area (Å²) in [7, 11) is 0. The molecule has 0 saturated heterocycles. The molecule has 0 fully saturated rings. The number of fused-ring (bicyclic) bond motifs is 1. The Labute approximate surface area is 144 Å². The third-order valence-corrected chi connectivity index (χ3v) is 4.26. The van der Waals surface area contributed by atoms with Crippen LogP contribution in [0, 0.1) is 5.82 Å². The van der Waals surface area contributed by atoms with Crippen LogP contribution in [-0.2, 0) is 0 Å². The van der Waals surface area contributed by atoms with Crippen molar-refractivity contribution in [3.63, 3.8) is 0 Å². The molecule has 0 saturated carbocycles. The molecule has 1 nitrogen and oxygen atoms in total. The molecular weight excluding hydrogens is 321 g/mol. The van der Waals surface area contributed by atoms with Gasteiger partial charge in [-0.25, -0.2) is 4.39 Å². The topological polar surface area (TPSA) is 12.9 Å². The van der Waals surface area contributed by atoms with Gasteiger partial charge in [-0.05, 0) is 41.5 Å². The number of nitrogens with zero attached hydrogens (tertiary/aromatic N) is 1. The number of aromatic nitrogens is 1. The van der Waals surface area contributed by atoms with Crippen LogP contribution in [0.5, 0.6) is 0 Å². The van der Waals surface area contributed by atoms with Crippen LogP contribution < -0.4 is 0 Å². The quantitative estimate of drug-likeness (QED) is 0.416. The van der Waals surface area contributed by atoms with Crippen LogP contribution in [0.1, 0.15) is 0 Å². The van der Waals surface area contributed by atoms with Crippen LogP contribution in [0.3, 0.4) is 0 Å². The lowest BCUT2D eigenvalue weighted by atomic mass is 9.92. The van der Waals surface area contributed by atoms with Crippen molar-refractivity contribution in [2.24, 2.45) is 0 Å². The molecule has 0 amide bonds. The summed E-state index contributed by atoms with van der Waals surface area (Å²) in [5, 5.41) is 1.45. The smallest absolute Gasteiger partial charge is 0.123 e. The molecule has 24 heavy (non-hydrogen) atoms. The second kappa shape index (κ2) is 6.06. The molecule has 116 valence electrons. The van der Waals surface area contributed by atoms with Crippen molar-refractivity contribution in [2.75, 3.05) is 0 Å². The van der Waals surface area contributed by atoms with E-state index in [1.54, 1.807) is 12.1 Å². The zero-order valence-electron chi connectivity index (χ0n) is 12.7. The summed E-state index contributed by atoms with van der Waals surface area (Å²) in [6.07, 6.45) is 1.83. The first kappa shape index (κ1) is 14.9. The monoisotopic (exact) mass is 333 g/mol. The predicted octanol–water partition coefficient (Wildman–Crippen LogP) is 6.36. The van der Waals surface area contributed by atoms with Crippen LogP contribution in [0.25, 0.3) is 33.2 Å². The maximum atomic E-state index is 13.9. The molecule has 0 aliphatic heterocycles.